The van der Waals surface area contributed by atoms with Crippen molar-refractivity contribution in [2.75, 3.05) is 13.2 Å². The Morgan fingerprint density at radius 3 is 2.24 bits per heavy atom. The molecular weight excluding hydrogens is 460 g/mol. The Morgan fingerprint density at radius 2 is 1.61 bits per heavy atom. The minimum Gasteiger partial charge on any atom is -0.490 e. The summed E-state index contributed by atoms with van der Waals surface area (Å²) in [5, 5.41) is 9.01. The highest BCUT2D eigenvalue weighted by Crippen LogP contribution is 2.37. The Labute approximate surface area is 200 Å². The predicted octanol–water partition coefficient (Wildman–Crippen LogP) is 4.61. The molecule has 3 aromatic carbocycles. The van der Waals surface area contributed by atoms with Gasteiger partial charge in [0.1, 0.15) is 6.61 Å². The van der Waals surface area contributed by atoms with Gasteiger partial charge in [-0.3, -0.25) is 0 Å². The maximum atomic E-state index is 11.3. The number of aryl methyl sites for hydroxylation is 1. The molecule has 3 N–H and O–H groups in total. The maximum absolute atomic E-state index is 11.3. The predicted molar refractivity (Wildman–Crippen MR) is 131 cm³/mol. The van der Waals surface area contributed by atoms with Gasteiger partial charge in [-0.1, -0.05) is 53.6 Å². The van der Waals surface area contributed by atoms with E-state index >= 15 is 0 Å². The van der Waals surface area contributed by atoms with Gasteiger partial charge in [0.2, 0.25) is 10.0 Å². The number of hydrogen-bond donors (Lipinski definition) is 2. The third-order valence-corrected chi connectivity index (χ3v) is 6.25. The van der Waals surface area contributed by atoms with Crippen LogP contribution in [-0.4, -0.2) is 21.6 Å². The van der Waals surface area contributed by atoms with E-state index in [2.05, 4.69) is 5.32 Å². The molecule has 0 unspecified atom stereocenters. The third-order valence-electron chi connectivity index (χ3n) is 5.04. The highest BCUT2D eigenvalue weighted by atomic mass is 35.5. The molecule has 176 valence electrons. The second-order valence-corrected chi connectivity index (χ2v) is 9.70. The SMILES string of the molecule is CCOc1cc(CNCCc2ccc(S(N)(=O)=O)cc2)cc(Cl)c1OCc1ccc(C)cc1. The summed E-state index contributed by atoms with van der Waals surface area (Å²) in [6.45, 7) is 6.19. The fourth-order valence-corrected chi connectivity index (χ4v) is 4.08. The number of halogens is 1. The monoisotopic (exact) mass is 488 g/mol. The van der Waals surface area contributed by atoms with Crippen LogP contribution >= 0.6 is 11.6 Å². The van der Waals surface area contributed by atoms with E-state index in [4.69, 9.17) is 26.2 Å². The molecule has 0 fully saturated rings. The van der Waals surface area contributed by atoms with Crippen LogP contribution in [0.3, 0.4) is 0 Å². The summed E-state index contributed by atoms with van der Waals surface area (Å²) in [6, 6.07) is 18.6. The van der Waals surface area contributed by atoms with Gasteiger partial charge >= 0.3 is 0 Å². The van der Waals surface area contributed by atoms with E-state index < -0.39 is 10.0 Å². The van der Waals surface area contributed by atoms with Crippen LogP contribution in [0.1, 0.15) is 29.2 Å². The molecule has 3 rings (SSSR count). The van der Waals surface area contributed by atoms with Crippen molar-refractivity contribution in [1.29, 1.82) is 0 Å². The summed E-state index contributed by atoms with van der Waals surface area (Å²) >= 11 is 6.53. The lowest BCUT2D eigenvalue weighted by Gasteiger charge is -2.16. The van der Waals surface area contributed by atoms with E-state index in [9.17, 15) is 8.42 Å². The van der Waals surface area contributed by atoms with Gasteiger partial charge in [0.25, 0.3) is 0 Å². The molecule has 0 bridgehead atoms. The first kappa shape index (κ1) is 25.1. The van der Waals surface area contributed by atoms with Crippen molar-refractivity contribution in [3.8, 4) is 11.5 Å². The van der Waals surface area contributed by atoms with E-state index in [0.29, 0.717) is 42.8 Å². The number of rotatable bonds is 11. The largest absolute Gasteiger partial charge is 0.490 e. The van der Waals surface area contributed by atoms with Gasteiger partial charge in [-0.2, -0.15) is 0 Å². The Balaban J connectivity index is 1.58. The molecule has 0 aliphatic rings. The fourth-order valence-electron chi connectivity index (χ4n) is 3.28. The number of benzene rings is 3. The van der Waals surface area contributed by atoms with Crippen LogP contribution < -0.4 is 19.9 Å². The standard InChI is InChI=1S/C25H29ClN2O4S/c1-3-31-24-15-21(14-23(26)25(24)32-17-20-6-4-18(2)5-7-20)16-28-13-12-19-8-10-22(11-9-19)33(27,29)30/h4-11,14-15,28H,3,12-13,16-17H2,1-2H3,(H2,27,29,30). The first-order valence-electron chi connectivity index (χ1n) is 10.7. The van der Waals surface area contributed by atoms with Crippen molar-refractivity contribution < 1.29 is 17.9 Å². The summed E-state index contributed by atoms with van der Waals surface area (Å²) in [7, 11) is -3.67. The lowest BCUT2D eigenvalue weighted by atomic mass is 10.1. The second kappa shape index (κ2) is 11.5. The highest BCUT2D eigenvalue weighted by Gasteiger charge is 2.13. The minimum absolute atomic E-state index is 0.113. The Morgan fingerprint density at radius 1 is 0.939 bits per heavy atom. The quantitative estimate of drug-likeness (QED) is 0.385. The topological polar surface area (TPSA) is 90.6 Å². The number of nitrogens with two attached hydrogens (primary N) is 1. The van der Waals surface area contributed by atoms with Crippen LogP contribution in [0.15, 0.2) is 65.6 Å². The molecule has 6 nitrogen and oxygen atoms in total. The van der Waals surface area contributed by atoms with Crippen LogP contribution in [0.25, 0.3) is 0 Å². The van der Waals surface area contributed by atoms with Gasteiger partial charge in [-0.25, -0.2) is 13.6 Å². The summed E-state index contributed by atoms with van der Waals surface area (Å²) in [5.41, 5.74) is 4.25. The van der Waals surface area contributed by atoms with E-state index in [0.717, 1.165) is 23.1 Å². The van der Waals surface area contributed by atoms with Gasteiger partial charge in [0, 0.05) is 6.54 Å². The Bertz CT molecular complexity index is 1160. The first-order chi connectivity index (χ1) is 15.8. The van der Waals surface area contributed by atoms with Crippen molar-refractivity contribution in [2.24, 2.45) is 5.14 Å². The average Bonchev–Trinajstić information content (AvgIpc) is 2.77. The Kier molecular flexibility index (Phi) is 8.74. The number of hydrogen-bond acceptors (Lipinski definition) is 5. The van der Waals surface area contributed by atoms with Gasteiger partial charge in [-0.05, 0) is 67.8 Å². The minimum atomic E-state index is -3.67. The molecule has 0 saturated heterocycles. The Hall–Kier alpha value is -2.58. The van der Waals surface area contributed by atoms with Crippen LogP contribution in [0.2, 0.25) is 5.02 Å². The molecule has 0 aliphatic heterocycles. The van der Waals surface area contributed by atoms with Crippen LogP contribution in [0.4, 0.5) is 0 Å². The summed E-state index contributed by atoms with van der Waals surface area (Å²) < 4.78 is 34.5. The molecule has 0 heterocycles. The normalized spacial score (nSPS) is 11.4. The van der Waals surface area contributed by atoms with Gasteiger partial charge in [-0.15, -0.1) is 0 Å². The smallest absolute Gasteiger partial charge is 0.238 e. The molecule has 0 aromatic heterocycles. The van der Waals surface area contributed by atoms with Gasteiger partial charge < -0.3 is 14.8 Å². The fraction of sp³-hybridized carbons (Fsp3) is 0.280. The number of primary sulfonamides is 1. The molecule has 0 amide bonds. The molecule has 0 aliphatic carbocycles. The third kappa shape index (κ3) is 7.47. The first-order valence-corrected chi connectivity index (χ1v) is 12.6. The lowest BCUT2D eigenvalue weighted by Crippen LogP contribution is -2.17. The molecule has 33 heavy (non-hydrogen) atoms. The van der Waals surface area contributed by atoms with Crippen LogP contribution in [0, 0.1) is 6.92 Å². The van der Waals surface area contributed by atoms with Crippen molar-refractivity contribution in [1.82, 2.24) is 5.32 Å². The van der Waals surface area contributed by atoms with E-state index in [1.54, 1.807) is 12.1 Å². The molecular formula is C25H29ClN2O4S. The van der Waals surface area contributed by atoms with E-state index in [1.165, 1.54) is 17.7 Å². The molecule has 0 radical (unpaired) electrons. The average molecular weight is 489 g/mol. The van der Waals surface area contributed by atoms with E-state index in [-0.39, 0.29) is 4.90 Å². The number of sulfonamides is 1. The van der Waals surface area contributed by atoms with Gasteiger partial charge in [0.15, 0.2) is 11.5 Å². The molecule has 3 aromatic rings. The summed E-state index contributed by atoms with van der Waals surface area (Å²) in [4.78, 5) is 0.113. The zero-order valence-corrected chi connectivity index (χ0v) is 20.4. The molecule has 8 heteroatoms. The summed E-state index contributed by atoms with van der Waals surface area (Å²) in [6.07, 6.45) is 0.745. The second-order valence-electron chi connectivity index (χ2n) is 7.73. The number of ether oxygens (including phenoxy) is 2. The van der Waals surface area contributed by atoms with Crippen LogP contribution in [-0.2, 0) is 29.6 Å². The van der Waals surface area contributed by atoms with Crippen LogP contribution in [0.5, 0.6) is 11.5 Å². The molecule has 0 saturated carbocycles. The van der Waals surface area contributed by atoms with Crippen molar-refractivity contribution in [2.45, 2.75) is 38.3 Å². The number of nitrogens with one attached hydrogen (secondary N) is 1. The van der Waals surface area contributed by atoms with Gasteiger partial charge in [0.05, 0.1) is 16.5 Å². The van der Waals surface area contributed by atoms with Crippen molar-refractivity contribution in [3.05, 3.63) is 87.9 Å². The maximum Gasteiger partial charge on any atom is 0.238 e. The molecule has 0 atom stereocenters. The molecule has 0 spiro atoms. The zero-order chi connectivity index (χ0) is 23.8. The van der Waals surface area contributed by atoms with E-state index in [1.807, 2.05) is 50.2 Å². The highest BCUT2D eigenvalue weighted by molar-refractivity contribution is 7.89. The van der Waals surface area contributed by atoms with Crippen molar-refractivity contribution in [3.63, 3.8) is 0 Å². The summed E-state index contributed by atoms with van der Waals surface area (Å²) in [5.74, 6) is 1.16. The lowest BCUT2D eigenvalue weighted by molar-refractivity contribution is 0.269. The van der Waals surface area contributed by atoms with Crippen molar-refractivity contribution >= 4 is 21.6 Å². The zero-order valence-electron chi connectivity index (χ0n) is 18.8.